The zero-order chi connectivity index (χ0) is 15.4. The normalized spacial score (nSPS) is 22.2. The first-order valence-electron chi connectivity index (χ1n) is 7.50. The van der Waals surface area contributed by atoms with E-state index in [-0.39, 0.29) is 11.8 Å². The topological polar surface area (TPSA) is 91.5 Å². The fourth-order valence-corrected chi connectivity index (χ4v) is 2.59. The minimum Gasteiger partial charge on any atom is -0.391 e. The number of amides is 1. The fourth-order valence-electron chi connectivity index (χ4n) is 2.59. The highest BCUT2D eigenvalue weighted by molar-refractivity contribution is 5.95. The molecule has 2 rings (SSSR count). The number of nitrogen functional groups attached to an aromatic ring is 1. The molecule has 6 heteroatoms. The van der Waals surface area contributed by atoms with Crippen LogP contribution in [0.25, 0.3) is 0 Å². The number of nitrogens with two attached hydrogens (primary N) is 1. The van der Waals surface area contributed by atoms with Crippen molar-refractivity contribution in [1.29, 1.82) is 0 Å². The van der Waals surface area contributed by atoms with Crippen LogP contribution in [0.15, 0.2) is 12.1 Å². The first-order chi connectivity index (χ1) is 10.0. The van der Waals surface area contributed by atoms with Crippen molar-refractivity contribution in [2.45, 2.75) is 39.2 Å². The number of piperidine rings is 1. The first kappa shape index (κ1) is 15.7. The van der Waals surface area contributed by atoms with Gasteiger partial charge in [0.25, 0.3) is 5.91 Å². The Morgan fingerprint density at radius 2 is 2.33 bits per heavy atom. The van der Waals surface area contributed by atoms with Gasteiger partial charge in [-0.25, -0.2) is 10.8 Å². The van der Waals surface area contributed by atoms with Crippen molar-refractivity contribution in [2.24, 2.45) is 11.8 Å². The number of aliphatic hydroxyl groups excluding tert-OH is 1. The summed E-state index contributed by atoms with van der Waals surface area (Å²) in [6, 6.07) is 3.48. The maximum Gasteiger partial charge on any atom is 0.254 e. The molecule has 2 heterocycles. The minimum absolute atomic E-state index is 0.0720. The van der Waals surface area contributed by atoms with Gasteiger partial charge in [-0.2, -0.15) is 0 Å². The van der Waals surface area contributed by atoms with E-state index in [0.29, 0.717) is 24.5 Å². The number of hydrogen-bond acceptors (Lipinski definition) is 5. The largest absolute Gasteiger partial charge is 0.391 e. The van der Waals surface area contributed by atoms with E-state index >= 15 is 0 Å². The molecule has 0 bridgehead atoms. The average molecular weight is 292 g/mol. The second-order valence-electron chi connectivity index (χ2n) is 5.71. The molecule has 1 aliphatic rings. The molecular formula is C15H24N4O2. The lowest BCUT2D eigenvalue weighted by atomic mass is 9.95. The van der Waals surface area contributed by atoms with E-state index < -0.39 is 6.10 Å². The molecule has 1 aromatic heterocycles. The minimum atomic E-state index is -0.452. The smallest absolute Gasteiger partial charge is 0.254 e. The third-order valence-electron chi connectivity index (χ3n) is 3.99. The molecule has 0 aromatic carbocycles. The highest BCUT2D eigenvalue weighted by Gasteiger charge is 2.28. The van der Waals surface area contributed by atoms with Crippen molar-refractivity contribution < 1.29 is 9.90 Å². The number of carbonyl (C=O) groups excluding carboxylic acids is 1. The summed E-state index contributed by atoms with van der Waals surface area (Å²) in [5, 5.41) is 9.94. The molecule has 0 saturated carbocycles. The molecule has 1 amide bonds. The third kappa shape index (κ3) is 3.71. The zero-order valence-electron chi connectivity index (χ0n) is 12.7. The molecule has 0 aliphatic carbocycles. The van der Waals surface area contributed by atoms with Crippen molar-refractivity contribution in [3.63, 3.8) is 0 Å². The van der Waals surface area contributed by atoms with E-state index in [4.69, 9.17) is 5.84 Å². The molecule has 116 valence electrons. The standard InChI is InChI=1S/C15H24N4O2/c1-3-4-12-7-11(8-14(17-12)18-16)15(21)19-6-5-10(2)13(20)9-19/h7-8,10,13,20H,3-6,9,16H2,1-2H3,(H,17,18). The lowest BCUT2D eigenvalue weighted by Crippen LogP contribution is -2.45. The second kappa shape index (κ2) is 6.87. The number of nitrogens with one attached hydrogen (secondary N) is 1. The lowest BCUT2D eigenvalue weighted by Gasteiger charge is -2.34. The van der Waals surface area contributed by atoms with Gasteiger partial charge in [-0.15, -0.1) is 0 Å². The van der Waals surface area contributed by atoms with Crippen molar-refractivity contribution in [2.75, 3.05) is 18.5 Å². The van der Waals surface area contributed by atoms with Gasteiger partial charge in [-0.05, 0) is 30.9 Å². The molecule has 0 radical (unpaired) electrons. The van der Waals surface area contributed by atoms with Gasteiger partial charge in [-0.1, -0.05) is 20.3 Å². The number of aromatic nitrogens is 1. The van der Waals surface area contributed by atoms with Gasteiger partial charge < -0.3 is 15.4 Å². The Bertz CT molecular complexity index is 506. The van der Waals surface area contributed by atoms with E-state index in [1.54, 1.807) is 11.0 Å². The molecule has 4 N–H and O–H groups in total. The highest BCUT2D eigenvalue weighted by Crippen LogP contribution is 2.20. The Hall–Kier alpha value is -1.66. The number of aryl methyl sites for hydroxylation is 1. The number of aliphatic hydroxyl groups is 1. The van der Waals surface area contributed by atoms with Crippen molar-refractivity contribution >= 4 is 11.7 Å². The van der Waals surface area contributed by atoms with Gasteiger partial charge in [0, 0.05) is 24.3 Å². The van der Waals surface area contributed by atoms with Gasteiger partial charge in [0.15, 0.2) is 0 Å². The van der Waals surface area contributed by atoms with Crippen molar-refractivity contribution in [3.8, 4) is 0 Å². The molecule has 1 aliphatic heterocycles. The Morgan fingerprint density at radius 3 is 2.95 bits per heavy atom. The van der Waals surface area contributed by atoms with E-state index in [2.05, 4.69) is 17.3 Å². The Balaban J connectivity index is 2.20. The molecule has 0 spiro atoms. The zero-order valence-corrected chi connectivity index (χ0v) is 12.7. The van der Waals surface area contributed by atoms with Crippen LogP contribution in [0.5, 0.6) is 0 Å². The summed E-state index contributed by atoms with van der Waals surface area (Å²) in [5.74, 6) is 6.09. The van der Waals surface area contributed by atoms with Crippen molar-refractivity contribution in [3.05, 3.63) is 23.4 Å². The molecule has 1 aromatic rings. The Labute approximate surface area is 125 Å². The SMILES string of the molecule is CCCc1cc(C(=O)N2CCC(C)C(O)C2)cc(NN)n1. The molecule has 2 atom stereocenters. The van der Waals surface area contributed by atoms with Crippen LogP contribution in [0.1, 0.15) is 42.7 Å². The molecule has 21 heavy (non-hydrogen) atoms. The third-order valence-corrected chi connectivity index (χ3v) is 3.99. The number of β-amino-alcohol motifs (C(OH)–C–C–N with tert-alkyl or cyclic N) is 1. The maximum absolute atomic E-state index is 12.6. The Kier molecular flexibility index (Phi) is 5.14. The number of rotatable bonds is 4. The summed E-state index contributed by atoms with van der Waals surface area (Å²) in [7, 11) is 0. The average Bonchev–Trinajstić information content (AvgIpc) is 2.49. The van der Waals surface area contributed by atoms with Crippen LogP contribution in [0.4, 0.5) is 5.82 Å². The van der Waals surface area contributed by atoms with E-state index in [9.17, 15) is 9.90 Å². The number of hydrazine groups is 1. The first-order valence-corrected chi connectivity index (χ1v) is 7.50. The summed E-state index contributed by atoms with van der Waals surface area (Å²) in [6.45, 7) is 5.13. The molecular weight excluding hydrogens is 268 g/mol. The monoisotopic (exact) mass is 292 g/mol. The summed E-state index contributed by atoms with van der Waals surface area (Å²) >= 11 is 0. The van der Waals surface area contributed by atoms with Gasteiger partial charge in [0.1, 0.15) is 5.82 Å². The van der Waals surface area contributed by atoms with Crippen molar-refractivity contribution in [1.82, 2.24) is 9.88 Å². The van der Waals surface area contributed by atoms with Gasteiger partial charge in [0.2, 0.25) is 0 Å². The number of pyridine rings is 1. The molecule has 2 unspecified atom stereocenters. The maximum atomic E-state index is 12.6. The number of nitrogens with zero attached hydrogens (tertiary/aromatic N) is 2. The number of anilines is 1. The Morgan fingerprint density at radius 1 is 1.57 bits per heavy atom. The fraction of sp³-hybridized carbons (Fsp3) is 0.600. The van der Waals surface area contributed by atoms with E-state index in [0.717, 1.165) is 25.0 Å². The quantitative estimate of drug-likeness (QED) is 0.572. The number of likely N-dealkylation sites (tertiary alicyclic amines) is 1. The van der Waals surface area contributed by atoms with Crippen LogP contribution >= 0.6 is 0 Å². The predicted octanol–water partition coefficient (Wildman–Crippen LogP) is 1.16. The summed E-state index contributed by atoms with van der Waals surface area (Å²) < 4.78 is 0. The van der Waals surface area contributed by atoms with Crippen LogP contribution in [0.3, 0.4) is 0 Å². The van der Waals surface area contributed by atoms with Gasteiger partial charge in [-0.3, -0.25) is 4.79 Å². The highest BCUT2D eigenvalue weighted by atomic mass is 16.3. The van der Waals surface area contributed by atoms with Gasteiger partial charge in [0.05, 0.1) is 6.10 Å². The van der Waals surface area contributed by atoms with E-state index in [1.165, 1.54) is 0 Å². The molecule has 1 saturated heterocycles. The van der Waals surface area contributed by atoms with Crippen LogP contribution in [0.2, 0.25) is 0 Å². The van der Waals surface area contributed by atoms with Crippen LogP contribution in [-0.4, -0.2) is 40.1 Å². The van der Waals surface area contributed by atoms with E-state index in [1.807, 2.05) is 13.0 Å². The van der Waals surface area contributed by atoms with Crippen LogP contribution in [0, 0.1) is 5.92 Å². The molecule has 1 fully saturated rings. The summed E-state index contributed by atoms with van der Waals surface area (Å²) in [4.78, 5) is 18.6. The number of hydrogen-bond donors (Lipinski definition) is 3. The van der Waals surface area contributed by atoms with Crippen LogP contribution in [-0.2, 0) is 6.42 Å². The summed E-state index contributed by atoms with van der Waals surface area (Å²) in [6.07, 6.45) is 2.12. The van der Waals surface area contributed by atoms with Crippen LogP contribution < -0.4 is 11.3 Å². The lowest BCUT2D eigenvalue weighted by molar-refractivity contribution is 0.0248. The second-order valence-corrected chi connectivity index (χ2v) is 5.71. The predicted molar refractivity (Wildman–Crippen MR) is 81.7 cm³/mol. The van der Waals surface area contributed by atoms with Gasteiger partial charge >= 0.3 is 0 Å². The number of carbonyl (C=O) groups is 1. The molecule has 6 nitrogen and oxygen atoms in total. The summed E-state index contributed by atoms with van der Waals surface area (Å²) in [5.41, 5.74) is 3.93.